The lowest BCUT2D eigenvalue weighted by Crippen LogP contribution is -2.36. The Morgan fingerprint density at radius 2 is 1.93 bits per heavy atom. The van der Waals surface area contributed by atoms with Gasteiger partial charge in [-0.15, -0.1) is 0 Å². The number of ether oxygens (including phenoxy) is 2. The molecule has 0 bridgehead atoms. The number of methoxy groups -OCH3 is 1. The zero-order valence-electron chi connectivity index (χ0n) is 15.7. The summed E-state index contributed by atoms with van der Waals surface area (Å²) in [6, 6.07) is 13.1. The van der Waals surface area contributed by atoms with Gasteiger partial charge in [-0.1, -0.05) is 12.1 Å². The number of hydrogen-bond donors (Lipinski definition) is 1. The molecule has 2 heterocycles. The van der Waals surface area contributed by atoms with Crippen LogP contribution in [0.15, 0.2) is 48.8 Å². The predicted octanol–water partition coefficient (Wildman–Crippen LogP) is 2.41. The summed E-state index contributed by atoms with van der Waals surface area (Å²) in [4.78, 5) is 23.6. The molecule has 144 valence electrons. The number of nitrogens with one attached hydrogen (secondary N) is 1. The van der Waals surface area contributed by atoms with Crippen LogP contribution < -0.4 is 15.0 Å². The maximum atomic E-state index is 12.7. The summed E-state index contributed by atoms with van der Waals surface area (Å²) in [5.41, 5.74) is 2.42. The van der Waals surface area contributed by atoms with Gasteiger partial charge in [-0.2, -0.15) is 0 Å². The Hall–Kier alpha value is -3.19. The van der Waals surface area contributed by atoms with Crippen molar-refractivity contribution in [3.63, 3.8) is 0 Å². The maximum absolute atomic E-state index is 12.7. The molecule has 3 aromatic rings. The molecule has 7 nitrogen and oxygen atoms in total. The summed E-state index contributed by atoms with van der Waals surface area (Å²) in [7, 11) is 1.63. The van der Waals surface area contributed by atoms with Crippen molar-refractivity contribution < 1.29 is 14.3 Å². The Bertz CT molecular complexity index is 969. The fourth-order valence-corrected chi connectivity index (χ4v) is 3.24. The Kier molecular flexibility index (Phi) is 5.34. The molecule has 0 radical (unpaired) electrons. The summed E-state index contributed by atoms with van der Waals surface area (Å²) in [5, 5.41) is 3.84. The van der Waals surface area contributed by atoms with Gasteiger partial charge in [0.25, 0.3) is 5.91 Å². The summed E-state index contributed by atoms with van der Waals surface area (Å²) in [5.74, 6) is 1.51. The second-order valence-electron chi connectivity index (χ2n) is 6.56. The molecule has 1 saturated heterocycles. The molecular weight excluding hydrogens is 356 g/mol. The lowest BCUT2D eigenvalue weighted by atomic mass is 10.1. The van der Waals surface area contributed by atoms with E-state index in [1.165, 1.54) is 0 Å². The van der Waals surface area contributed by atoms with Crippen LogP contribution in [0.5, 0.6) is 5.75 Å². The van der Waals surface area contributed by atoms with Crippen LogP contribution >= 0.6 is 0 Å². The summed E-state index contributed by atoms with van der Waals surface area (Å²) >= 11 is 0. The van der Waals surface area contributed by atoms with Crippen molar-refractivity contribution in [2.75, 3.05) is 38.3 Å². The van der Waals surface area contributed by atoms with Crippen molar-refractivity contribution in [3.05, 3.63) is 59.9 Å². The molecule has 1 aliphatic rings. The first-order chi connectivity index (χ1) is 13.7. The van der Waals surface area contributed by atoms with Gasteiger partial charge in [-0.25, -0.2) is 9.97 Å². The molecule has 4 rings (SSSR count). The van der Waals surface area contributed by atoms with E-state index in [9.17, 15) is 4.79 Å². The molecule has 0 saturated carbocycles. The fraction of sp³-hybridized carbons (Fsp3) is 0.286. The van der Waals surface area contributed by atoms with Crippen LogP contribution in [0.2, 0.25) is 0 Å². The van der Waals surface area contributed by atoms with Gasteiger partial charge in [0, 0.05) is 30.6 Å². The third-order valence-corrected chi connectivity index (χ3v) is 4.80. The van der Waals surface area contributed by atoms with E-state index < -0.39 is 0 Å². The SMILES string of the molecule is COc1ccc(CNC(=O)c2ccc3ncnc(N4CCOCC4)c3c2)cc1. The lowest BCUT2D eigenvalue weighted by Gasteiger charge is -2.28. The minimum Gasteiger partial charge on any atom is -0.497 e. The van der Waals surface area contributed by atoms with Gasteiger partial charge in [0.1, 0.15) is 17.9 Å². The predicted molar refractivity (Wildman–Crippen MR) is 107 cm³/mol. The highest BCUT2D eigenvalue weighted by Crippen LogP contribution is 2.25. The number of rotatable bonds is 5. The van der Waals surface area contributed by atoms with Gasteiger partial charge >= 0.3 is 0 Å². The number of morpholine rings is 1. The highest BCUT2D eigenvalue weighted by Gasteiger charge is 2.17. The number of hydrogen-bond acceptors (Lipinski definition) is 6. The van der Waals surface area contributed by atoms with E-state index in [4.69, 9.17) is 9.47 Å². The van der Waals surface area contributed by atoms with Gasteiger partial charge in [0.15, 0.2) is 0 Å². The van der Waals surface area contributed by atoms with Crippen molar-refractivity contribution in [2.45, 2.75) is 6.54 Å². The normalized spacial score (nSPS) is 14.1. The van der Waals surface area contributed by atoms with Crippen molar-refractivity contribution in [3.8, 4) is 5.75 Å². The molecule has 2 aromatic carbocycles. The number of anilines is 1. The van der Waals surface area contributed by atoms with Gasteiger partial charge in [0.05, 0.1) is 25.8 Å². The van der Waals surface area contributed by atoms with Crippen molar-refractivity contribution in [1.29, 1.82) is 0 Å². The largest absolute Gasteiger partial charge is 0.497 e. The Balaban J connectivity index is 1.53. The molecule has 1 aliphatic heterocycles. The van der Waals surface area contributed by atoms with E-state index in [1.54, 1.807) is 19.5 Å². The van der Waals surface area contributed by atoms with Crippen LogP contribution in [0, 0.1) is 0 Å². The monoisotopic (exact) mass is 378 g/mol. The van der Waals surface area contributed by atoms with Crippen LogP contribution in [0.1, 0.15) is 15.9 Å². The van der Waals surface area contributed by atoms with Crippen LogP contribution in [0.4, 0.5) is 5.82 Å². The molecule has 0 spiro atoms. The van der Waals surface area contributed by atoms with E-state index in [2.05, 4.69) is 20.2 Å². The minimum absolute atomic E-state index is 0.130. The van der Waals surface area contributed by atoms with Crippen LogP contribution in [-0.2, 0) is 11.3 Å². The first-order valence-corrected chi connectivity index (χ1v) is 9.23. The average molecular weight is 378 g/mol. The van der Waals surface area contributed by atoms with Gasteiger partial charge in [-0.05, 0) is 35.9 Å². The van der Waals surface area contributed by atoms with E-state index in [1.807, 2.05) is 36.4 Å². The van der Waals surface area contributed by atoms with E-state index >= 15 is 0 Å². The fourth-order valence-electron chi connectivity index (χ4n) is 3.24. The number of carbonyl (C=O) groups excluding carboxylic acids is 1. The first-order valence-electron chi connectivity index (χ1n) is 9.23. The van der Waals surface area contributed by atoms with E-state index in [0.29, 0.717) is 25.3 Å². The molecule has 28 heavy (non-hydrogen) atoms. The standard InChI is InChI=1S/C21H22N4O3/c1-27-17-5-2-15(3-6-17)13-22-21(26)16-4-7-19-18(12-16)20(24-14-23-19)25-8-10-28-11-9-25/h2-7,12,14H,8-11,13H2,1H3,(H,22,26). The average Bonchev–Trinajstić information content (AvgIpc) is 2.77. The third kappa shape index (κ3) is 3.89. The molecule has 1 amide bonds. The number of nitrogens with zero attached hydrogens (tertiary/aromatic N) is 3. The molecule has 0 aliphatic carbocycles. The van der Waals surface area contributed by atoms with Crippen molar-refractivity contribution >= 4 is 22.6 Å². The van der Waals surface area contributed by atoms with Crippen LogP contribution in [-0.4, -0.2) is 49.3 Å². The number of fused-ring (bicyclic) bond motifs is 1. The number of aromatic nitrogens is 2. The second-order valence-corrected chi connectivity index (χ2v) is 6.56. The zero-order chi connectivity index (χ0) is 19.3. The zero-order valence-corrected chi connectivity index (χ0v) is 15.7. The summed E-state index contributed by atoms with van der Waals surface area (Å²) < 4.78 is 10.6. The van der Waals surface area contributed by atoms with Crippen molar-refractivity contribution in [2.24, 2.45) is 0 Å². The van der Waals surface area contributed by atoms with Crippen LogP contribution in [0.25, 0.3) is 10.9 Å². The van der Waals surface area contributed by atoms with E-state index in [-0.39, 0.29) is 5.91 Å². The first kappa shape index (κ1) is 18.2. The highest BCUT2D eigenvalue weighted by molar-refractivity contribution is 6.00. The van der Waals surface area contributed by atoms with Gasteiger partial charge in [0.2, 0.25) is 0 Å². The minimum atomic E-state index is -0.130. The van der Waals surface area contributed by atoms with Crippen LogP contribution in [0.3, 0.4) is 0 Å². The Morgan fingerprint density at radius 1 is 1.14 bits per heavy atom. The molecular formula is C21H22N4O3. The lowest BCUT2D eigenvalue weighted by molar-refractivity contribution is 0.0951. The Labute approximate surface area is 163 Å². The number of benzene rings is 2. The number of amides is 1. The molecule has 1 fully saturated rings. The smallest absolute Gasteiger partial charge is 0.251 e. The topological polar surface area (TPSA) is 76.6 Å². The Morgan fingerprint density at radius 3 is 2.68 bits per heavy atom. The van der Waals surface area contributed by atoms with Crippen molar-refractivity contribution in [1.82, 2.24) is 15.3 Å². The molecule has 1 N–H and O–H groups in total. The molecule has 7 heteroatoms. The number of carbonyl (C=O) groups is 1. The second kappa shape index (κ2) is 8.22. The highest BCUT2D eigenvalue weighted by atomic mass is 16.5. The maximum Gasteiger partial charge on any atom is 0.251 e. The van der Waals surface area contributed by atoms with Gasteiger partial charge < -0.3 is 19.7 Å². The quantitative estimate of drug-likeness (QED) is 0.735. The molecule has 0 atom stereocenters. The summed E-state index contributed by atoms with van der Waals surface area (Å²) in [6.07, 6.45) is 1.57. The van der Waals surface area contributed by atoms with E-state index in [0.717, 1.165) is 41.1 Å². The summed E-state index contributed by atoms with van der Waals surface area (Å²) in [6.45, 7) is 3.35. The molecule has 1 aromatic heterocycles. The van der Waals surface area contributed by atoms with Gasteiger partial charge in [-0.3, -0.25) is 4.79 Å². The molecule has 0 unspecified atom stereocenters. The third-order valence-electron chi connectivity index (χ3n) is 4.80.